The Morgan fingerprint density at radius 2 is 1.79 bits per heavy atom. The average molecular weight is 398 g/mol. The van der Waals surface area contributed by atoms with E-state index >= 15 is 0 Å². The highest BCUT2D eigenvalue weighted by molar-refractivity contribution is 5.97. The molecule has 2 aliphatic heterocycles. The van der Waals surface area contributed by atoms with Gasteiger partial charge in [0.05, 0.1) is 18.9 Å². The molecule has 0 aromatic carbocycles. The van der Waals surface area contributed by atoms with E-state index in [9.17, 15) is 9.59 Å². The van der Waals surface area contributed by atoms with Gasteiger partial charge in [-0.3, -0.25) is 14.5 Å². The molecular weight excluding hydrogens is 376 g/mol. The minimum absolute atomic E-state index is 0.00469. The van der Waals surface area contributed by atoms with Gasteiger partial charge in [0, 0.05) is 56.0 Å². The molecule has 0 atom stereocenters. The third-order valence-corrected chi connectivity index (χ3v) is 4.94. The number of aromatic nitrogens is 4. The van der Waals surface area contributed by atoms with Crippen LogP contribution in [0, 0.1) is 0 Å². The summed E-state index contributed by atoms with van der Waals surface area (Å²) in [5.74, 6) is 0.565. The van der Waals surface area contributed by atoms with E-state index in [1.54, 1.807) is 17.3 Å². The largest absolute Gasteiger partial charge is 0.378 e. The van der Waals surface area contributed by atoms with Crippen molar-refractivity contribution in [2.24, 2.45) is 5.73 Å². The number of primary amides is 1. The van der Waals surface area contributed by atoms with Crippen LogP contribution in [0.5, 0.6) is 0 Å². The Labute approximate surface area is 167 Å². The molecule has 0 bridgehead atoms. The Hall–Kier alpha value is -3.34. The summed E-state index contributed by atoms with van der Waals surface area (Å²) in [7, 11) is 0. The third-order valence-electron chi connectivity index (χ3n) is 4.94. The summed E-state index contributed by atoms with van der Waals surface area (Å²) in [6.45, 7) is 2.96. The smallest absolute Gasteiger partial charge is 0.228 e. The van der Waals surface area contributed by atoms with Crippen molar-refractivity contribution >= 4 is 29.5 Å². The number of carbonyl (C=O) groups excluding carboxylic acids is 2. The maximum absolute atomic E-state index is 12.7. The first-order valence-corrected chi connectivity index (χ1v) is 9.43. The zero-order valence-corrected chi connectivity index (χ0v) is 15.9. The second-order valence-electron chi connectivity index (χ2n) is 6.87. The molecule has 11 nitrogen and oxygen atoms in total. The first kappa shape index (κ1) is 19.0. The summed E-state index contributed by atoms with van der Waals surface area (Å²) in [5, 5.41) is 0. The van der Waals surface area contributed by atoms with Crippen molar-refractivity contribution in [1.82, 2.24) is 19.9 Å². The highest BCUT2D eigenvalue weighted by atomic mass is 16.5. The predicted molar refractivity (Wildman–Crippen MR) is 105 cm³/mol. The highest BCUT2D eigenvalue weighted by Gasteiger charge is 2.31. The van der Waals surface area contributed by atoms with Gasteiger partial charge in [-0.05, 0) is 6.42 Å². The molecule has 0 spiro atoms. The predicted octanol–water partition coefficient (Wildman–Crippen LogP) is -0.493. The van der Waals surface area contributed by atoms with Gasteiger partial charge >= 0.3 is 0 Å². The van der Waals surface area contributed by atoms with Crippen molar-refractivity contribution in [2.45, 2.75) is 19.3 Å². The van der Waals surface area contributed by atoms with Crippen molar-refractivity contribution in [3.63, 3.8) is 0 Å². The minimum Gasteiger partial charge on any atom is -0.378 e. The number of nitrogens with two attached hydrogens (primary N) is 2. The Balaban J connectivity index is 1.74. The van der Waals surface area contributed by atoms with Crippen LogP contribution in [0.15, 0.2) is 12.4 Å². The van der Waals surface area contributed by atoms with E-state index in [1.165, 1.54) is 0 Å². The molecule has 2 amide bonds. The molecule has 2 aromatic heterocycles. The van der Waals surface area contributed by atoms with E-state index in [-0.39, 0.29) is 24.7 Å². The molecule has 0 radical (unpaired) electrons. The van der Waals surface area contributed by atoms with Gasteiger partial charge in [0.1, 0.15) is 5.82 Å². The molecule has 2 aromatic rings. The van der Waals surface area contributed by atoms with Crippen molar-refractivity contribution in [3.05, 3.63) is 18.0 Å². The van der Waals surface area contributed by atoms with Crippen LogP contribution in [0.2, 0.25) is 0 Å². The Kier molecular flexibility index (Phi) is 5.21. The molecule has 2 aliphatic rings. The summed E-state index contributed by atoms with van der Waals surface area (Å²) < 4.78 is 5.42. The molecular formula is C18H22N8O3. The molecule has 4 N–H and O–H groups in total. The van der Waals surface area contributed by atoms with Crippen LogP contribution in [-0.4, -0.2) is 64.6 Å². The Morgan fingerprint density at radius 1 is 1.07 bits per heavy atom. The second kappa shape index (κ2) is 7.95. The van der Waals surface area contributed by atoms with Crippen molar-refractivity contribution < 1.29 is 14.3 Å². The lowest BCUT2D eigenvalue weighted by molar-refractivity contribution is -0.123. The van der Waals surface area contributed by atoms with Gasteiger partial charge in [0.25, 0.3) is 0 Å². The fourth-order valence-electron chi connectivity index (χ4n) is 3.46. The van der Waals surface area contributed by atoms with E-state index in [1.807, 2.05) is 4.90 Å². The number of hydrogen-bond acceptors (Lipinski definition) is 9. The summed E-state index contributed by atoms with van der Waals surface area (Å²) in [6, 6.07) is 0. The molecule has 11 heteroatoms. The number of amides is 2. The van der Waals surface area contributed by atoms with Crippen LogP contribution >= 0.6 is 0 Å². The van der Waals surface area contributed by atoms with Crippen LogP contribution in [0.1, 0.15) is 18.4 Å². The summed E-state index contributed by atoms with van der Waals surface area (Å²) >= 11 is 0. The summed E-state index contributed by atoms with van der Waals surface area (Å²) in [4.78, 5) is 45.0. The maximum atomic E-state index is 12.7. The summed E-state index contributed by atoms with van der Waals surface area (Å²) in [5.41, 5.74) is 13.0. The minimum atomic E-state index is -0.505. The number of anilines is 3. The quantitative estimate of drug-likeness (QED) is 0.679. The number of fused-ring (bicyclic) bond motifs is 1. The van der Waals surface area contributed by atoms with Crippen molar-refractivity contribution in [2.75, 3.05) is 48.4 Å². The van der Waals surface area contributed by atoms with E-state index in [4.69, 9.17) is 26.2 Å². The maximum Gasteiger partial charge on any atom is 0.228 e. The van der Waals surface area contributed by atoms with Gasteiger partial charge in [0.2, 0.25) is 23.7 Å². The van der Waals surface area contributed by atoms with Crippen LogP contribution in [-0.2, 0) is 20.7 Å². The number of morpholine rings is 1. The molecule has 0 aliphatic carbocycles. The van der Waals surface area contributed by atoms with E-state index in [0.717, 1.165) is 5.56 Å². The van der Waals surface area contributed by atoms with Crippen LogP contribution in [0.25, 0.3) is 11.3 Å². The Morgan fingerprint density at radius 3 is 2.48 bits per heavy atom. The standard InChI is InChI=1S/C18H22N8O3/c19-13(27)1-2-14(28)26-4-3-12-15(11-9-21-17(20)22-10-11)23-18(24-16(12)26)25-5-7-29-8-6-25/h9-10H,1-8H2,(H2,19,27)(H2,20,21,22). The molecule has 4 rings (SSSR count). The molecule has 1 fully saturated rings. The van der Waals surface area contributed by atoms with Gasteiger partial charge in [0.15, 0.2) is 0 Å². The lowest BCUT2D eigenvalue weighted by Gasteiger charge is -2.28. The molecule has 29 heavy (non-hydrogen) atoms. The Bertz CT molecular complexity index is 927. The molecule has 0 unspecified atom stereocenters. The van der Waals surface area contributed by atoms with E-state index < -0.39 is 5.91 Å². The zero-order chi connectivity index (χ0) is 20.4. The van der Waals surface area contributed by atoms with Crippen molar-refractivity contribution in [1.29, 1.82) is 0 Å². The highest BCUT2D eigenvalue weighted by Crippen LogP contribution is 2.35. The van der Waals surface area contributed by atoms with Gasteiger partial charge < -0.3 is 21.1 Å². The lowest BCUT2D eigenvalue weighted by Crippen LogP contribution is -2.38. The summed E-state index contributed by atoms with van der Waals surface area (Å²) in [6.07, 6.45) is 3.88. The number of carbonyl (C=O) groups is 2. The number of rotatable bonds is 5. The van der Waals surface area contributed by atoms with Crippen LogP contribution < -0.4 is 21.3 Å². The monoisotopic (exact) mass is 398 g/mol. The first-order chi connectivity index (χ1) is 14.0. The van der Waals surface area contributed by atoms with Crippen LogP contribution in [0.3, 0.4) is 0 Å². The number of nitrogens with zero attached hydrogens (tertiary/aromatic N) is 6. The third kappa shape index (κ3) is 3.94. The fourth-order valence-corrected chi connectivity index (χ4v) is 3.46. The number of nitrogen functional groups attached to an aromatic ring is 1. The molecule has 0 saturated carbocycles. The normalized spacial score (nSPS) is 16.0. The SMILES string of the molecule is NC(=O)CCC(=O)N1CCc2c(-c3cnc(N)nc3)nc(N3CCOCC3)nc21. The zero-order valence-electron chi connectivity index (χ0n) is 15.9. The topological polar surface area (TPSA) is 153 Å². The molecule has 4 heterocycles. The molecule has 1 saturated heterocycles. The van der Waals surface area contributed by atoms with Crippen molar-refractivity contribution in [3.8, 4) is 11.3 Å². The van der Waals surface area contributed by atoms with Gasteiger partial charge in [-0.25, -0.2) is 15.0 Å². The fraction of sp³-hybridized carbons (Fsp3) is 0.444. The van der Waals surface area contributed by atoms with E-state index in [2.05, 4.69) is 9.97 Å². The number of ether oxygens (including phenoxy) is 1. The average Bonchev–Trinajstić information content (AvgIpc) is 3.17. The van der Waals surface area contributed by atoms with Gasteiger partial charge in [-0.1, -0.05) is 0 Å². The number of hydrogen-bond donors (Lipinski definition) is 2. The lowest BCUT2D eigenvalue weighted by atomic mass is 10.1. The van der Waals surface area contributed by atoms with Crippen LogP contribution in [0.4, 0.5) is 17.7 Å². The second-order valence-corrected chi connectivity index (χ2v) is 6.87. The van der Waals surface area contributed by atoms with Gasteiger partial charge in [-0.2, -0.15) is 4.98 Å². The first-order valence-electron chi connectivity index (χ1n) is 9.43. The van der Waals surface area contributed by atoms with E-state index in [0.29, 0.717) is 62.3 Å². The van der Waals surface area contributed by atoms with Gasteiger partial charge in [-0.15, -0.1) is 0 Å². The molecule has 152 valence electrons.